The molecule has 0 saturated heterocycles. The number of rotatable bonds is 4. The third-order valence-electron chi connectivity index (χ3n) is 3.74. The van der Waals surface area contributed by atoms with E-state index in [1.165, 1.54) is 5.56 Å². The summed E-state index contributed by atoms with van der Waals surface area (Å²) in [6.45, 7) is 8.52. The summed E-state index contributed by atoms with van der Waals surface area (Å²) < 4.78 is 1.92. The van der Waals surface area contributed by atoms with Gasteiger partial charge in [-0.15, -0.1) is 0 Å². The minimum absolute atomic E-state index is 0.00487. The summed E-state index contributed by atoms with van der Waals surface area (Å²) in [6.07, 6.45) is 0. The minimum atomic E-state index is -0.925. The zero-order chi connectivity index (χ0) is 15.0. The third-order valence-corrected chi connectivity index (χ3v) is 3.74. The van der Waals surface area contributed by atoms with Gasteiger partial charge in [-0.05, 0) is 43.0 Å². The topological polar surface area (TPSA) is 62.5 Å². The van der Waals surface area contributed by atoms with Crippen molar-refractivity contribution in [1.82, 2.24) is 4.57 Å². The zero-order valence-electron chi connectivity index (χ0n) is 12.4. The molecule has 1 aromatic carbocycles. The van der Waals surface area contributed by atoms with Gasteiger partial charge in [0.25, 0.3) is 0 Å². The molecule has 4 nitrogen and oxygen atoms in total. The monoisotopic (exact) mass is 275 g/mol. The molecule has 0 aliphatic rings. The van der Waals surface area contributed by atoms with Crippen molar-refractivity contribution in [2.75, 3.05) is 6.61 Å². The van der Waals surface area contributed by atoms with Crippen molar-refractivity contribution in [1.29, 1.82) is 0 Å². The number of hydrogen-bond acceptors (Lipinski definition) is 2. The average molecular weight is 275 g/mol. The largest absolute Gasteiger partial charge is 0.478 e. The summed E-state index contributed by atoms with van der Waals surface area (Å²) in [7, 11) is 0. The predicted octanol–water partition coefficient (Wildman–Crippen LogP) is 3.07. The maximum atomic E-state index is 11.5. The van der Waals surface area contributed by atoms with E-state index in [2.05, 4.69) is 13.8 Å². The van der Waals surface area contributed by atoms with Crippen molar-refractivity contribution in [2.45, 2.75) is 40.2 Å². The van der Waals surface area contributed by atoms with Crippen molar-refractivity contribution in [3.8, 4) is 0 Å². The highest BCUT2D eigenvalue weighted by Crippen LogP contribution is 2.34. The summed E-state index contributed by atoms with van der Waals surface area (Å²) >= 11 is 0. The van der Waals surface area contributed by atoms with Crippen LogP contribution in [0, 0.1) is 13.8 Å². The molecule has 0 fully saturated rings. The second-order valence-electron chi connectivity index (χ2n) is 5.54. The Labute approximate surface area is 118 Å². The van der Waals surface area contributed by atoms with Gasteiger partial charge in [-0.3, -0.25) is 0 Å². The van der Waals surface area contributed by atoms with Crippen LogP contribution in [0.2, 0.25) is 0 Å². The number of aliphatic hydroxyl groups is 1. The van der Waals surface area contributed by atoms with Crippen molar-refractivity contribution in [3.05, 3.63) is 34.5 Å². The fourth-order valence-electron chi connectivity index (χ4n) is 3.05. The highest BCUT2D eigenvalue weighted by atomic mass is 16.4. The van der Waals surface area contributed by atoms with Gasteiger partial charge in [0.15, 0.2) is 0 Å². The van der Waals surface area contributed by atoms with E-state index in [4.69, 9.17) is 0 Å². The number of hydrogen-bond donors (Lipinski definition) is 2. The summed E-state index contributed by atoms with van der Waals surface area (Å²) in [5.74, 6) is -0.619. The molecule has 0 aliphatic heterocycles. The number of fused-ring (bicyclic) bond motifs is 1. The van der Waals surface area contributed by atoms with Crippen LogP contribution in [0.4, 0.5) is 0 Å². The number of carboxylic acid groups (broad SMARTS) is 1. The molecule has 1 aromatic heterocycles. The Bertz CT molecular complexity index is 668. The lowest BCUT2D eigenvalue weighted by atomic mass is 9.97. The summed E-state index contributed by atoms with van der Waals surface area (Å²) in [5, 5.41) is 19.7. The lowest BCUT2D eigenvalue weighted by Crippen LogP contribution is -2.08. The molecule has 0 spiro atoms. The molecule has 2 aromatic rings. The summed E-state index contributed by atoms with van der Waals surface area (Å²) in [4.78, 5) is 11.5. The number of benzene rings is 1. The molecule has 0 radical (unpaired) electrons. The predicted molar refractivity (Wildman–Crippen MR) is 79.5 cm³/mol. The standard InChI is InChI=1S/C16H21NO3/c1-9(2)14-11(4)17(5-6-18)15-12(14)7-10(3)8-13(15)16(19)20/h7-9,18H,5-6H2,1-4H3,(H,19,20). The lowest BCUT2D eigenvalue weighted by molar-refractivity contribution is 0.0698. The molecule has 0 bridgehead atoms. The molecule has 0 saturated carbocycles. The first-order chi connectivity index (χ1) is 9.38. The van der Waals surface area contributed by atoms with E-state index < -0.39 is 5.97 Å². The Morgan fingerprint density at radius 1 is 1.30 bits per heavy atom. The van der Waals surface area contributed by atoms with Crippen molar-refractivity contribution < 1.29 is 15.0 Å². The first-order valence-electron chi connectivity index (χ1n) is 6.86. The van der Waals surface area contributed by atoms with Gasteiger partial charge in [0.05, 0.1) is 17.7 Å². The van der Waals surface area contributed by atoms with Gasteiger partial charge in [-0.25, -0.2) is 4.79 Å². The highest BCUT2D eigenvalue weighted by Gasteiger charge is 2.21. The van der Waals surface area contributed by atoms with Crippen LogP contribution in [0.5, 0.6) is 0 Å². The molecule has 0 aliphatic carbocycles. The molecule has 0 amide bonds. The van der Waals surface area contributed by atoms with Crippen LogP contribution in [0.1, 0.15) is 46.9 Å². The Kier molecular flexibility index (Phi) is 3.86. The van der Waals surface area contributed by atoms with Gasteiger partial charge < -0.3 is 14.8 Å². The quantitative estimate of drug-likeness (QED) is 0.901. The fraction of sp³-hybridized carbons (Fsp3) is 0.438. The molecule has 2 N–H and O–H groups in total. The Morgan fingerprint density at radius 2 is 1.95 bits per heavy atom. The molecule has 4 heteroatoms. The van der Waals surface area contributed by atoms with Gasteiger partial charge in [0.1, 0.15) is 0 Å². The molecule has 108 valence electrons. The van der Waals surface area contributed by atoms with E-state index >= 15 is 0 Å². The van der Waals surface area contributed by atoms with Gasteiger partial charge in [-0.2, -0.15) is 0 Å². The van der Waals surface area contributed by atoms with Crippen LogP contribution in [0.3, 0.4) is 0 Å². The Hall–Kier alpha value is -1.81. The average Bonchev–Trinajstić information content (AvgIpc) is 2.61. The van der Waals surface area contributed by atoms with Crippen LogP contribution >= 0.6 is 0 Å². The zero-order valence-corrected chi connectivity index (χ0v) is 12.4. The van der Waals surface area contributed by atoms with Crippen LogP contribution in [-0.2, 0) is 6.54 Å². The summed E-state index contributed by atoms with van der Waals surface area (Å²) in [6, 6.07) is 3.74. The molecular weight excluding hydrogens is 254 g/mol. The van der Waals surface area contributed by atoms with Crippen LogP contribution in [0.15, 0.2) is 12.1 Å². The second-order valence-corrected chi connectivity index (χ2v) is 5.54. The normalized spacial score (nSPS) is 11.5. The van der Waals surface area contributed by atoms with Crippen LogP contribution in [0.25, 0.3) is 10.9 Å². The fourth-order valence-corrected chi connectivity index (χ4v) is 3.05. The number of carboxylic acids is 1. The van der Waals surface area contributed by atoms with Gasteiger partial charge in [-0.1, -0.05) is 13.8 Å². The minimum Gasteiger partial charge on any atom is -0.478 e. The van der Waals surface area contributed by atoms with Crippen molar-refractivity contribution in [3.63, 3.8) is 0 Å². The smallest absolute Gasteiger partial charge is 0.337 e. The molecule has 0 unspecified atom stereocenters. The van der Waals surface area contributed by atoms with E-state index in [9.17, 15) is 15.0 Å². The van der Waals surface area contributed by atoms with Crippen molar-refractivity contribution in [2.24, 2.45) is 0 Å². The van der Waals surface area contributed by atoms with Crippen molar-refractivity contribution >= 4 is 16.9 Å². The summed E-state index contributed by atoms with van der Waals surface area (Å²) in [5.41, 5.74) is 4.18. The number of carbonyl (C=O) groups is 1. The molecule has 0 atom stereocenters. The van der Waals surface area contributed by atoms with Gasteiger partial charge in [0, 0.05) is 17.6 Å². The highest BCUT2D eigenvalue weighted by molar-refractivity contribution is 6.04. The number of aromatic nitrogens is 1. The maximum absolute atomic E-state index is 11.5. The number of nitrogens with zero attached hydrogens (tertiary/aromatic N) is 1. The van der Waals surface area contributed by atoms with E-state index in [1.807, 2.05) is 24.5 Å². The maximum Gasteiger partial charge on any atom is 0.337 e. The number of aryl methyl sites for hydroxylation is 1. The third kappa shape index (κ3) is 2.20. The lowest BCUT2D eigenvalue weighted by Gasteiger charge is -2.09. The van der Waals surface area contributed by atoms with E-state index in [0.717, 1.165) is 22.2 Å². The first kappa shape index (κ1) is 14.6. The second kappa shape index (κ2) is 5.29. The number of aliphatic hydroxyl groups excluding tert-OH is 1. The van der Waals surface area contributed by atoms with Gasteiger partial charge >= 0.3 is 5.97 Å². The molecule has 1 heterocycles. The van der Waals surface area contributed by atoms with E-state index in [-0.39, 0.29) is 6.61 Å². The van der Waals surface area contributed by atoms with Gasteiger partial charge in [0.2, 0.25) is 0 Å². The van der Waals surface area contributed by atoms with E-state index in [1.54, 1.807) is 6.07 Å². The van der Waals surface area contributed by atoms with E-state index in [0.29, 0.717) is 18.0 Å². The SMILES string of the molecule is Cc1cc(C(=O)O)c2c(c1)c(C(C)C)c(C)n2CCO. The van der Waals surface area contributed by atoms with Crippen LogP contribution in [-0.4, -0.2) is 27.4 Å². The number of aromatic carboxylic acids is 1. The molecular formula is C16H21NO3. The molecule has 2 rings (SSSR count). The molecule has 20 heavy (non-hydrogen) atoms. The van der Waals surface area contributed by atoms with Crippen LogP contribution < -0.4 is 0 Å². The Balaban J connectivity index is 2.96. The Morgan fingerprint density at radius 3 is 2.45 bits per heavy atom. The first-order valence-corrected chi connectivity index (χ1v) is 6.86.